The van der Waals surface area contributed by atoms with Gasteiger partial charge in [0.25, 0.3) is 0 Å². The van der Waals surface area contributed by atoms with Crippen molar-refractivity contribution in [1.82, 2.24) is 0 Å². The Morgan fingerprint density at radius 1 is 0.571 bits per heavy atom. The molecular formula is C34H68N4O11. The van der Waals surface area contributed by atoms with Crippen molar-refractivity contribution >= 4 is 0 Å². The molecule has 0 aromatic rings. The van der Waals surface area contributed by atoms with E-state index in [1.54, 1.807) is 0 Å². The molecule has 13 N–H and O–H groups in total. The average molecular weight is 709 g/mol. The van der Waals surface area contributed by atoms with E-state index in [2.05, 4.69) is 13.8 Å². The zero-order valence-electron chi connectivity index (χ0n) is 29.7. The zero-order chi connectivity index (χ0) is 35.9. The highest BCUT2D eigenvalue weighted by molar-refractivity contribution is 5.01. The van der Waals surface area contributed by atoms with Crippen molar-refractivity contribution in [3.8, 4) is 0 Å². The van der Waals surface area contributed by atoms with Crippen LogP contribution in [0.25, 0.3) is 0 Å². The fraction of sp³-hybridized carbons (Fsp3) is 1.00. The Bertz CT molecular complexity index is 882. The summed E-state index contributed by atoms with van der Waals surface area (Å²) in [6.45, 7) is 5.42. The van der Waals surface area contributed by atoms with Crippen LogP contribution in [0.3, 0.4) is 0 Å². The Kier molecular flexibility index (Phi) is 19.6. The van der Waals surface area contributed by atoms with E-state index in [0.29, 0.717) is 13.2 Å². The van der Waals surface area contributed by atoms with Crippen molar-refractivity contribution in [1.29, 1.82) is 0 Å². The van der Waals surface area contributed by atoms with Gasteiger partial charge in [-0.25, -0.2) is 0 Å². The maximum atomic E-state index is 11.4. The molecule has 15 atom stereocenters. The smallest absolute Gasteiger partial charge is 0.187 e. The normalized spacial score (nSPS) is 40.1. The summed E-state index contributed by atoms with van der Waals surface area (Å²) >= 11 is 0. The molecule has 2 heterocycles. The van der Waals surface area contributed by atoms with Crippen LogP contribution in [0.4, 0.5) is 0 Å². The number of aliphatic hydroxyl groups is 5. The van der Waals surface area contributed by atoms with Crippen LogP contribution in [0, 0.1) is 0 Å². The lowest BCUT2D eigenvalue weighted by atomic mass is 9.84. The zero-order valence-corrected chi connectivity index (χ0v) is 29.7. The lowest BCUT2D eigenvalue weighted by Gasteiger charge is -2.48. The van der Waals surface area contributed by atoms with E-state index in [-0.39, 0.29) is 19.6 Å². The topological polar surface area (TPSA) is 261 Å². The van der Waals surface area contributed by atoms with Gasteiger partial charge in [0.15, 0.2) is 12.6 Å². The minimum Gasteiger partial charge on any atom is -0.388 e. The van der Waals surface area contributed by atoms with Gasteiger partial charge < -0.3 is 76.9 Å². The summed E-state index contributed by atoms with van der Waals surface area (Å²) in [5.74, 6) is 0. The summed E-state index contributed by atoms with van der Waals surface area (Å²) in [7, 11) is 0. The molecule has 3 rings (SSSR count). The van der Waals surface area contributed by atoms with Gasteiger partial charge in [0, 0.05) is 31.8 Å². The van der Waals surface area contributed by atoms with Gasteiger partial charge in [0.05, 0.1) is 12.6 Å². The summed E-state index contributed by atoms with van der Waals surface area (Å²) in [6, 6.07) is -2.45. The van der Waals surface area contributed by atoms with Gasteiger partial charge in [-0.2, -0.15) is 0 Å². The van der Waals surface area contributed by atoms with Crippen LogP contribution in [0.15, 0.2) is 0 Å². The van der Waals surface area contributed by atoms with Crippen molar-refractivity contribution < 1.29 is 54.0 Å². The van der Waals surface area contributed by atoms with E-state index in [1.165, 1.54) is 38.5 Å². The number of nitrogens with two attached hydrogens (primary N) is 4. The number of unbranched alkanes of at least 4 members (excludes halogenated alkanes) is 10. The molecule has 49 heavy (non-hydrogen) atoms. The van der Waals surface area contributed by atoms with Crippen molar-refractivity contribution in [2.75, 3.05) is 26.4 Å². The van der Waals surface area contributed by atoms with E-state index in [4.69, 9.17) is 51.4 Å². The van der Waals surface area contributed by atoms with Crippen LogP contribution >= 0.6 is 0 Å². The Balaban J connectivity index is 1.65. The molecule has 0 aromatic heterocycles. The predicted molar refractivity (Wildman–Crippen MR) is 182 cm³/mol. The molecule has 2 aliphatic heterocycles. The SMILES string of the molecule is CCCCCCCCOC[C@H]1OC(O[C@@H]2C(N)CC(N)C(O[C@H]3OC(CN)[C@@H](O)[C@H](O)C3O)[C@@H]2O)[C@H](O)[C@H](N)C1OCCCCCCCC. The first kappa shape index (κ1) is 42.8. The Hall–Kier alpha value is -0.600. The highest BCUT2D eigenvalue weighted by atomic mass is 16.7. The largest absolute Gasteiger partial charge is 0.388 e. The van der Waals surface area contributed by atoms with E-state index in [0.717, 1.165) is 38.5 Å². The van der Waals surface area contributed by atoms with Crippen LogP contribution < -0.4 is 22.9 Å². The molecule has 290 valence electrons. The number of rotatable bonds is 22. The quantitative estimate of drug-likeness (QED) is 0.0641. The summed E-state index contributed by atoms with van der Waals surface area (Å²) in [5, 5.41) is 53.7. The fourth-order valence-corrected chi connectivity index (χ4v) is 6.88. The molecule has 0 radical (unpaired) electrons. The van der Waals surface area contributed by atoms with E-state index >= 15 is 0 Å². The van der Waals surface area contributed by atoms with Crippen molar-refractivity contribution in [3.63, 3.8) is 0 Å². The molecule has 0 bridgehead atoms. The summed E-state index contributed by atoms with van der Waals surface area (Å²) in [4.78, 5) is 0. The highest BCUT2D eigenvalue weighted by Gasteiger charge is 2.52. The molecule has 0 aromatic carbocycles. The van der Waals surface area contributed by atoms with Crippen molar-refractivity contribution in [2.24, 2.45) is 22.9 Å². The summed E-state index contributed by atoms with van der Waals surface area (Å²) in [6.07, 6.45) is -1.21. The van der Waals surface area contributed by atoms with Crippen LogP contribution in [-0.4, -0.2) is 144 Å². The number of hydrogen-bond donors (Lipinski definition) is 9. The molecular weight excluding hydrogens is 640 g/mol. The van der Waals surface area contributed by atoms with Gasteiger partial charge in [0.2, 0.25) is 0 Å². The third-order valence-corrected chi connectivity index (χ3v) is 10.0. The van der Waals surface area contributed by atoms with Crippen LogP contribution in [0.5, 0.6) is 0 Å². The van der Waals surface area contributed by atoms with E-state index < -0.39 is 91.7 Å². The Morgan fingerprint density at radius 3 is 1.65 bits per heavy atom. The maximum Gasteiger partial charge on any atom is 0.187 e. The van der Waals surface area contributed by atoms with Crippen molar-refractivity contribution in [2.45, 2.75) is 189 Å². The van der Waals surface area contributed by atoms with Crippen LogP contribution in [0.1, 0.15) is 97.3 Å². The lowest BCUT2D eigenvalue weighted by Crippen LogP contribution is -2.68. The highest BCUT2D eigenvalue weighted by Crippen LogP contribution is 2.32. The van der Waals surface area contributed by atoms with Gasteiger partial charge in [-0.05, 0) is 19.3 Å². The van der Waals surface area contributed by atoms with Crippen LogP contribution in [0.2, 0.25) is 0 Å². The number of hydrogen-bond acceptors (Lipinski definition) is 15. The standard InChI is InChI=1S/C34H68N4O11/c1-3-5-7-9-11-13-15-44-19-23-32(45-16-14-12-10-8-6-4-2)24(38)26(40)33(47-23)48-30-20(36)17-21(37)31(29(30)43)49-34-28(42)27(41)25(39)22(18-35)46-34/h20-34,39-43H,3-19,35-38H2,1-2H3/t20?,21?,22?,23-,24+,25-,26-,27+,28?,29-,30-,31?,32?,33?,34-/m1/s1. The lowest BCUT2D eigenvalue weighted by molar-refractivity contribution is -0.333. The summed E-state index contributed by atoms with van der Waals surface area (Å²) < 4.78 is 36.1. The van der Waals surface area contributed by atoms with Crippen molar-refractivity contribution in [3.05, 3.63) is 0 Å². The van der Waals surface area contributed by atoms with E-state index in [9.17, 15) is 25.5 Å². The van der Waals surface area contributed by atoms with Gasteiger partial charge in [-0.3, -0.25) is 0 Å². The molecule has 15 nitrogen and oxygen atoms in total. The third-order valence-electron chi connectivity index (χ3n) is 10.0. The van der Waals surface area contributed by atoms with Gasteiger partial charge in [0.1, 0.15) is 61.0 Å². The first-order valence-corrected chi connectivity index (χ1v) is 18.7. The van der Waals surface area contributed by atoms with Gasteiger partial charge in [-0.1, -0.05) is 78.1 Å². The Morgan fingerprint density at radius 2 is 1.08 bits per heavy atom. The van der Waals surface area contributed by atoms with E-state index in [1.807, 2.05) is 0 Å². The third kappa shape index (κ3) is 12.5. The molecule has 3 fully saturated rings. The average Bonchev–Trinajstić information content (AvgIpc) is 3.08. The maximum absolute atomic E-state index is 11.4. The van der Waals surface area contributed by atoms with Crippen LogP contribution in [-0.2, 0) is 28.4 Å². The molecule has 1 aliphatic carbocycles. The first-order chi connectivity index (χ1) is 23.5. The molecule has 3 aliphatic rings. The first-order valence-electron chi connectivity index (χ1n) is 18.7. The molecule has 7 unspecified atom stereocenters. The molecule has 2 saturated heterocycles. The predicted octanol–water partition coefficient (Wildman–Crippen LogP) is -0.522. The van der Waals surface area contributed by atoms with Gasteiger partial charge >= 0.3 is 0 Å². The molecule has 0 amide bonds. The molecule has 1 saturated carbocycles. The monoisotopic (exact) mass is 708 g/mol. The fourth-order valence-electron chi connectivity index (χ4n) is 6.88. The minimum atomic E-state index is -1.64. The Labute approximate surface area is 292 Å². The van der Waals surface area contributed by atoms with Gasteiger partial charge in [-0.15, -0.1) is 0 Å². The second-order valence-electron chi connectivity index (χ2n) is 14.1. The number of aliphatic hydroxyl groups excluding tert-OH is 5. The molecule has 0 spiro atoms. The number of ether oxygens (including phenoxy) is 6. The summed E-state index contributed by atoms with van der Waals surface area (Å²) in [5.41, 5.74) is 24.9. The second-order valence-corrected chi connectivity index (χ2v) is 14.1. The minimum absolute atomic E-state index is 0.143. The second kappa shape index (κ2) is 22.5. The molecule has 15 heteroatoms.